The molecule has 0 aromatic carbocycles. The molecule has 8 heteroatoms. The van der Waals surface area contributed by atoms with Crippen LogP contribution in [0.15, 0.2) is 0 Å². The van der Waals surface area contributed by atoms with Crippen LogP contribution < -0.4 is 0 Å². The third-order valence-corrected chi connectivity index (χ3v) is 1.26. The first-order chi connectivity index (χ1) is 3.85. The predicted octanol–water partition coefficient (Wildman–Crippen LogP) is -1.88. The number of aliphatic carboxylic acids is 1. The molecule has 0 aliphatic carbocycles. The molecular weight excluding hydrogens is 192 g/mol. The van der Waals surface area contributed by atoms with Crippen LogP contribution in [0.4, 0.5) is 0 Å². The van der Waals surface area contributed by atoms with E-state index in [2.05, 4.69) is 0 Å². The quantitative estimate of drug-likeness (QED) is 0.353. The number of hydrogen-bond donors (Lipinski definition) is 3. The van der Waals surface area contributed by atoms with E-state index in [1.54, 1.807) is 0 Å². The van der Waals surface area contributed by atoms with Crippen molar-refractivity contribution in [2.24, 2.45) is 0 Å². The molecule has 0 aromatic rings. The van der Waals surface area contributed by atoms with Crippen molar-refractivity contribution in [3.8, 4) is 0 Å². The van der Waals surface area contributed by atoms with Crippen LogP contribution in [0, 0.1) is 0 Å². The maximum Gasteiger partial charge on any atom is 2.00 e. The Bertz CT molecular complexity index is 214. The number of aliphatic hydroxyl groups is 1. The number of carboxylic acid groups (broad SMARTS) is 1. The van der Waals surface area contributed by atoms with Gasteiger partial charge in [-0.1, -0.05) is 0 Å². The molecule has 0 heterocycles. The molecule has 0 aliphatic rings. The summed E-state index contributed by atoms with van der Waals surface area (Å²) in [4.78, 5) is 9.56. The van der Waals surface area contributed by atoms with Crippen molar-refractivity contribution >= 4 is 53.8 Å². The molecule has 0 saturated heterocycles. The molecule has 10 heavy (non-hydrogen) atoms. The second kappa shape index (κ2) is 4.47. The fourth-order valence-electron chi connectivity index (χ4n) is 0.127. The Kier molecular flexibility index (Phi) is 5.91. The van der Waals surface area contributed by atoms with Crippen molar-refractivity contribution in [3.63, 3.8) is 0 Å². The van der Waals surface area contributed by atoms with Crippen LogP contribution in [0.1, 0.15) is 2.85 Å². The number of hydrogen-bond acceptors (Lipinski definition) is 4. The molecule has 0 fully saturated rings. The Labute approximate surface area is 89.6 Å². The van der Waals surface area contributed by atoms with Gasteiger partial charge in [-0.2, -0.15) is 8.42 Å². The van der Waals surface area contributed by atoms with Crippen LogP contribution in [0.5, 0.6) is 0 Å². The number of carbonyl (C=O) groups is 1. The summed E-state index contributed by atoms with van der Waals surface area (Å²) in [5.41, 5.74) is -2.74. The van der Waals surface area contributed by atoms with Gasteiger partial charge < -0.3 is 13.1 Å². The Morgan fingerprint density at radius 3 is 1.80 bits per heavy atom. The Balaban J connectivity index is -0.000000107. The Morgan fingerprint density at radius 1 is 1.50 bits per heavy atom. The van der Waals surface area contributed by atoms with Crippen LogP contribution in [-0.4, -0.2) is 72.3 Å². The second-order valence-electron chi connectivity index (χ2n) is 1.21. The van der Waals surface area contributed by atoms with E-state index < -0.39 is 21.5 Å². The van der Waals surface area contributed by atoms with Crippen LogP contribution in [0.25, 0.3) is 0 Å². The van der Waals surface area contributed by atoms with E-state index in [9.17, 15) is 13.2 Å². The van der Waals surface area contributed by atoms with Crippen molar-refractivity contribution in [2.45, 2.75) is 5.44 Å². The average molecular weight is 198 g/mol. The minimum Gasteiger partial charge on any atom is -1.00 e. The molecule has 0 bridgehead atoms. The number of rotatable bonds is 2. The van der Waals surface area contributed by atoms with Gasteiger partial charge in [0.2, 0.25) is 0 Å². The van der Waals surface area contributed by atoms with E-state index in [-0.39, 0.29) is 40.6 Å². The second-order valence-corrected chi connectivity index (χ2v) is 2.68. The Morgan fingerprint density at radius 2 is 1.80 bits per heavy atom. The van der Waals surface area contributed by atoms with Crippen molar-refractivity contribution in [2.75, 3.05) is 0 Å². The monoisotopic (exact) mass is 198 g/mol. The van der Waals surface area contributed by atoms with E-state index in [1.807, 2.05) is 0 Å². The summed E-state index contributed by atoms with van der Waals surface area (Å²) in [5.74, 6) is -2.00. The van der Waals surface area contributed by atoms with E-state index in [1.165, 1.54) is 0 Å². The van der Waals surface area contributed by atoms with Crippen molar-refractivity contribution in [1.82, 2.24) is 0 Å². The van der Waals surface area contributed by atoms with E-state index in [4.69, 9.17) is 14.8 Å². The molecule has 0 aromatic heterocycles. The van der Waals surface area contributed by atoms with Gasteiger partial charge in [-0.3, -0.25) is 4.55 Å². The first-order valence-corrected chi connectivity index (χ1v) is 3.23. The average Bonchev–Trinajstić information content (AvgIpc) is 1.62. The number of carboxylic acids is 1. The molecule has 1 atom stereocenters. The molecule has 0 amide bonds. The van der Waals surface area contributed by atoms with Crippen molar-refractivity contribution < 1.29 is 30.8 Å². The van der Waals surface area contributed by atoms with Gasteiger partial charge in [-0.05, 0) is 0 Å². The Hall–Kier alpha value is 0.600. The minimum atomic E-state index is -4.85. The molecule has 6 nitrogen and oxygen atoms in total. The van der Waals surface area contributed by atoms with E-state index in [0.717, 1.165) is 0 Å². The van der Waals surface area contributed by atoms with Gasteiger partial charge in [0, 0.05) is 0 Å². The largest absolute Gasteiger partial charge is 2.00 e. The zero-order valence-corrected chi connectivity index (χ0v) is 7.78. The summed E-state index contributed by atoms with van der Waals surface area (Å²) in [6.45, 7) is 0. The fourth-order valence-corrected chi connectivity index (χ4v) is 0.382. The topological polar surface area (TPSA) is 112 Å². The zero-order valence-electron chi connectivity index (χ0n) is 6.76. The molecule has 3 N–H and O–H groups in total. The smallest absolute Gasteiger partial charge is 1.00 e. The molecular formula is C2H6CaO6S. The maximum absolute atomic E-state index is 9.70. The zero-order chi connectivity index (χ0) is 7.65. The SMILES string of the molecule is O=C(O)C(O)S(=O)(=O)O.[Ca+2].[H-].[H-]. The van der Waals surface area contributed by atoms with E-state index in [0.29, 0.717) is 0 Å². The van der Waals surface area contributed by atoms with E-state index >= 15 is 0 Å². The van der Waals surface area contributed by atoms with Gasteiger partial charge in [0.1, 0.15) is 0 Å². The molecule has 0 saturated carbocycles. The summed E-state index contributed by atoms with van der Waals surface area (Å²) >= 11 is 0. The molecule has 0 rings (SSSR count). The van der Waals surface area contributed by atoms with Crippen LogP contribution in [-0.2, 0) is 14.9 Å². The van der Waals surface area contributed by atoms with Crippen LogP contribution in [0.3, 0.4) is 0 Å². The van der Waals surface area contributed by atoms with Gasteiger partial charge in [-0.15, -0.1) is 0 Å². The van der Waals surface area contributed by atoms with Gasteiger partial charge in [0.25, 0.3) is 5.44 Å². The number of aliphatic hydroxyl groups excluding tert-OH is 1. The van der Waals surface area contributed by atoms with Gasteiger partial charge >= 0.3 is 53.8 Å². The molecule has 0 aliphatic heterocycles. The maximum atomic E-state index is 9.70. The standard InChI is InChI=1S/C2H4O6S.Ca.2H/c3-1(4)2(5)9(6,7)8;;;/h2,5H,(H,3,4)(H,6,7,8);;;/q;+2;2*-1. The summed E-state index contributed by atoms with van der Waals surface area (Å²) in [6.07, 6.45) is 0. The first kappa shape index (κ1) is 13.2. The van der Waals surface area contributed by atoms with Gasteiger partial charge in [0.15, 0.2) is 0 Å². The predicted molar refractivity (Wildman–Crippen MR) is 33.2 cm³/mol. The third-order valence-electron chi connectivity index (χ3n) is 0.493. The first-order valence-electron chi connectivity index (χ1n) is 1.73. The van der Waals surface area contributed by atoms with Crippen molar-refractivity contribution in [3.05, 3.63) is 0 Å². The summed E-state index contributed by atoms with van der Waals surface area (Å²) in [7, 11) is -4.85. The molecule has 58 valence electrons. The molecule has 0 spiro atoms. The van der Waals surface area contributed by atoms with Crippen molar-refractivity contribution in [1.29, 1.82) is 0 Å². The third kappa shape index (κ3) is 4.42. The summed E-state index contributed by atoms with van der Waals surface area (Å²) in [6, 6.07) is 0. The van der Waals surface area contributed by atoms with Crippen LogP contribution >= 0.6 is 0 Å². The summed E-state index contributed by atoms with van der Waals surface area (Å²) < 4.78 is 27.2. The fraction of sp³-hybridized carbons (Fsp3) is 0.500. The van der Waals surface area contributed by atoms with Crippen LogP contribution in [0.2, 0.25) is 0 Å². The minimum absolute atomic E-state index is 0. The molecule has 0 radical (unpaired) electrons. The van der Waals surface area contributed by atoms with Gasteiger partial charge in [-0.25, -0.2) is 4.79 Å². The normalized spacial score (nSPS) is 13.4. The summed E-state index contributed by atoms with van der Waals surface area (Å²) in [5, 5.41) is 15.8. The van der Waals surface area contributed by atoms with Gasteiger partial charge in [0.05, 0.1) is 0 Å². The molecule has 1 unspecified atom stereocenters.